The van der Waals surface area contributed by atoms with Crippen molar-refractivity contribution in [2.75, 3.05) is 20.8 Å². The van der Waals surface area contributed by atoms with Crippen LogP contribution in [0, 0.1) is 0 Å². The maximum Gasteiger partial charge on any atom is 0.410 e. The molecular weight excluding hydrogens is 418 g/mol. The quantitative estimate of drug-likeness (QED) is 0.355. The van der Waals surface area contributed by atoms with Gasteiger partial charge in [0, 0.05) is 19.0 Å². The molecule has 1 fully saturated rings. The van der Waals surface area contributed by atoms with Crippen molar-refractivity contribution in [2.24, 2.45) is 0 Å². The maximum atomic E-state index is 12.7. The van der Waals surface area contributed by atoms with E-state index >= 15 is 0 Å². The Morgan fingerprint density at radius 2 is 1.56 bits per heavy atom. The molecule has 1 amide bonds. The summed E-state index contributed by atoms with van der Waals surface area (Å²) in [6, 6.07) is 7.69. The summed E-state index contributed by atoms with van der Waals surface area (Å²) in [4.78, 5) is 52.3. The minimum Gasteiger partial charge on any atom is -0.466 e. The SMILES string of the molecule is COC(=O)C(CC[C@H]1CCCN1C(=O)OC(C)(C)C)(OC(=O)c1ccccc1)C(=O)OC. The van der Waals surface area contributed by atoms with Gasteiger partial charge < -0.3 is 23.8 Å². The molecule has 0 unspecified atom stereocenters. The van der Waals surface area contributed by atoms with Crippen LogP contribution in [0.4, 0.5) is 4.79 Å². The van der Waals surface area contributed by atoms with E-state index in [4.69, 9.17) is 18.9 Å². The first-order valence-corrected chi connectivity index (χ1v) is 10.5. The minimum atomic E-state index is -2.29. The second kappa shape index (κ2) is 10.5. The highest BCUT2D eigenvalue weighted by Gasteiger charge is 2.53. The lowest BCUT2D eigenvalue weighted by Crippen LogP contribution is -2.53. The second-order valence-corrected chi connectivity index (χ2v) is 8.57. The first kappa shape index (κ1) is 25.2. The Kier molecular flexibility index (Phi) is 8.24. The van der Waals surface area contributed by atoms with Crippen LogP contribution in [0.15, 0.2) is 30.3 Å². The Morgan fingerprint density at radius 1 is 0.969 bits per heavy atom. The fourth-order valence-electron chi connectivity index (χ4n) is 3.61. The number of ether oxygens (including phenoxy) is 4. The molecular formula is C23H31NO8. The van der Waals surface area contributed by atoms with Crippen LogP contribution in [-0.4, -0.2) is 66.9 Å². The Hall–Kier alpha value is -3.10. The van der Waals surface area contributed by atoms with Gasteiger partial charge in [0.2, 0.25) is 0 Å². The summed E-state index contributed by atoms with van der Waals surface area (Å²) in [5, 5.41) is 0. The van der Waals surface area contributed by atoms with Crippen LogP contribution in [0.3, 0.4) is 0 Å². The van der Waals surface area contributed by atoms with E-state index < -0.39 is 35.2 Å². The lowest BCUT2D eigenvalue weighted by molar-refractivity contribution is -0.182. The van der Waals surface area contributed by atoms with Crippen LogP contribution in [0.25, 0.3) is 0 Å². The molecule has 1 aromatic rings. The topological polar surface area (TPSA) is 108 Å². The van der Waals surface area contributed by atoms with Crippen LogP contribution >= 0.6 is 0 Å². The summed E-state index contributed by atoms with van der Waals surface area (Å²) in [5.41, 5.74) is -2.78. The number of carbonyl (C=O) groups excluding carboxylic acids is 4. The van der Waals surface area contributed by atoms with Gasteiger partial charge in [0.15, 0.2) is 0 Å². The summed E-state index contributed by atoms with van der Waals surface area (Å²) < 4.78 is 20.5. The van der Waals surface area contributed by atoms with Crippen molar-refractivity contribution in [1.29, 1.82) is 0 Å². The number of esters is 3. The Morgan fingerprint density at radius 3 is 2.09 bits per heavy atom. The molecule has 1 heterocycles. The van der Waals surface area contributed by atoms with Gasteiger partial charge in [0.25, 0.3) is 0 Å². The van der Waals surface area contributed by atoms with Crippen molar-refractivity contribution in [1.82, 2.24) is 4.90 Å². The normalized spacial score (nSPS) is 16.3. The van der Waals surface area contributed by atoms with Crippen LogP contribution in [0.1, 0.15) is 56.8 Å². The summed E-state index contributed by atoms with van der Waals surface area (Å²) in [5.74, 6) is -2.96. The van der Waals surface area contributed by atoms with Gasteiger partial charge in [-0.15, -0.1) is 0 Å². The zero-order chi connectivity index (χ0) is 23.9. The van der Waals surface area contributed by atoms with Gasteiger partial charge in [-0.2, -0.15) is 0 Å². The molecule has 1 aliphatic heterocycles. The van der Waals surface area contributed by atoms with Gasteiger partial charge in [-0.05, 0) is 52.2 Å². The molecule has 0 radical (unpaired) electrons. The number of nitrogens with zero attached hydrogens (tertiary/aromatic N) is 1. The molecule has 0 N–H and O–H groups in total. The summed E-state index contributed by atoms with van der Waals surface area (Å²) in [6.45, 7) is 5.82. The number of methoxy groups -OCH3 is 2. The van der Waals surface area contributed by atoms with Gasteiger partial charge in [0.1, 0.15) is 5.60 Å². The zero-order valence-corrected chi connectivity index (χ0v) is 19.2. The van der Waals surface area contributed by atoms with Crippen molar-refractivity contribution in [3.63, 3.8) is 0 Å². The molecule has 9 heteroatoms. The van der Waals surface area contributed by atoms with E-state index in [0.717, 1.165) is 20.6 Å². The number of amides is 1. The molecule has 1 atom stereocenters. The highest BCUT2D eigenvalue weighted by Crippen LogP contribution is 2.30. The zero-order valence-electron chi connectivity index (χ0n) is 19.2. The predicted octanol–water partition coefficient (Wildman–Crippen LogP) is 3.11. The van der Waals surface area contributed by atoms with Crippen molar-refractivity contribution in [2.45, 2.75) is 63.7 Å². The first-order valence-electron chi connectivity index (χ1n) is 10.5. The maximum absolute atomic E-state index is 12.7. The van der Waals surface area contributed by atoms with E-state index in [0.29, 0.717) is 13.0 Å². The lowest BCUT2D eigenvalue weighted by Gasteiger charge is -2.32. The lowest BCUT2D eigenvalue weighted by atomic mass is 9.93. The van der Waals surface area contributed by atoms with Gasteiger partial charge in [0.05, 0.1) is 19.8 Å². The van der Waals surface area contributed by atoms with Crippen LogP contribution in [0.5, 0.6) is 0 Å². The molecule has 0 aliphatic carbocycles. The van der Waals surface area contributed by atoms with E-state index in [1.54, 1.807) is 43.9 Å². The van der Waals surface area contributed by atoms with Crippen LogP contribution < -0.4 is 0 Å². The minimum absolute atomic E-state index is 0.168. The highest BCUT2D eigenvalue weighted by atomic mass is 16.6. The molecule has 0 spiro atoms. The fourth-order valence-corrected chi connectivity index (χ4v) is 3.61. The molecule has 1 aliphatic rings. The largest absolute Gasteiger partial charge is 0.466 e. The monoisotopic (exact) mass is 449 g/mol. The number of hydrogen-bond acceptors (Lipinski definition) is 8. The number of rotatable bonds is 7. The van der Waals surface area contributed by atoms with Crippen molar-refractivity contribution in [3.8, 4) is 0 Å². The molecule has 0 aromatic heterocycles. The van der Waals surface area contributed by atoms with Crippen LogP contribution in [-0.2, 0) is 28.5 Å². The average molecular weight is 450 g/mol. The Labute approximate surface area is 187 Å². The standard InChI is InChI=1S/C23H31NO8/c1-22(2,3)32-21(28)24-15-9-12-17(24)13-14-23(19(26)29-4,20(27)30-5)31-18(25)16-10-7-6-8-11-16/h6-8,10-11,17H,9,12-15H2,1-5H3/t17-/m1/s1. The molecule has 0 bridgehead atoms. The van der Waals surface area contributed by atoms with E-state index in [1.165, 1.54) is 12.1 Å². The number of carbonyl (C=O) groups is 4. The molecule has 9 nitrogen and oxygen atoms in total. The number of hydrogen-bond donors (Lipinski definition) is 0. The van der Waals surface area contributed by atoms with Crippen molar-refractivity contribution < 1.29 is 38.1 Å². The first-order chi connectivity index (χ1) is 15.0. The summed E-state index contributed by atoms with van der Waals surface area (Å²) >= 11 is 0. The smallest absolute Gasteiger partial charge is 0.410 e. The van der Waals surface area contributed by atoms with E-state index in [-0.39, 0.29) is 24.4 Å². The summed E-state index contributed by atoms with van der Waals surface area (Å²) in [6.07, 6.45) is 0.921. The van der Waals surface area contributed by atoms with E-state index in [1.807, 2.05) is 0 Å². The molecule has 2 rings (SSSR count). The number of benzene rings is 1. The average Bonchev–Trinajstić information content (AvgIpc) is 3.23. The molecule has 176 valence electrons. The fraction of sp³-hybridized carbons (Fsp3) is 0.565. The van der Waals surface area contributed by atoms with Gasteiger partial charge in [-0.3, -0.25) is 0 Å². The molecule has 32 heavy (non-hydrogen) atoms. The Bertz CT molecular complexity index is 814. The highest BCUT2D eigenvalue weighted by molar-refractivity contribution is 6.06. The van der Waals surface area contributed by atoms with Crippen molar-refractivity contribution in [3.05, 3.63) is 35.9 Å². The summed E-state index contributed by atoms with van der Waals surface area (Å²) in [7, 11) is 2.19. The van der Waals surface area contributed by atoms with E-state index in [2.05, 4.69) is 0 Å². The van der Waals surface area contributed by atoms with Gasteiger partial charge in [-0.25, -0.2) is 19.2 Å². The van der Waals surface area contributed by atoms with E-state index in [9.17, 15) is 19.2 Å². The molecule has 1 aromatic carbocycles. The Balaban J connectivity index is 2.26. The second-order valence-electron chi connectivity index (χ2n) is 8.57. The molecule has 0 saturated carbocycles. The third-order valence-corrected chi connectivity index (χ3v) is 5.14. The van der Waals surface area contributed by atoms with Crippen molar-refractivity contribution >= 4 is 24.0 Å². The van der Waals surface area contributed by atoms with Gasteiger partial charge in [-0.1, -0.05) is 18.2 Å². The number of likely N-dealkylation sites (tertiary alicyclic amines) is 1. The van der Waals surface area contributed by atoms with Crippen LogP contribution in [0.2, 0.25) is 0 Å². The predicted molar refractivity (Wildman–Crippen MR) is 114 cm³/mol. The van der Waals surface area contributed by atoms with Gasteiger partial charge >= 0.3 is 29.6 Å². The third-order valence-electron chi connectivity index (χ3n) is 5.14. The molecule has 1 saturated heterocycles. The third kappa shape index (κ3) is 5.99.